The molecule has 6 heteroatoms. The molecule has 0 radical (unpaired) electrons. The first-order valence-corrected chi connectivity index (χ1v) is 8.18. The Kier molecular flexibility index (Phi) is 4.57. The summed E-state index contributed by atoms with van der Waals surface area (Å²) in [4.78, 5) is 27.7. The Labute approximate surface area is 132 Å². The molecule has 3 heterocycles. The first-order valence-electron chi connectivity index (χ1n) is 8.18. The zero-order valence-corrected chi connectivity index (χ0v) is 13.5. The third kappa shape index (κ3) is 3.38. The Morgan fingerprint density at radius 1 is 1.14 bits per heavy atom. The van der Waals surface area contributed by atoms with Crippen LogP contribution in [-0.4, -0.2) is 72.0 Å². The largest absolute Gasteiger partial charge is 0.341 e. The molecule has 0 spiro atoms. The van der Waals surface area contributed by atoms with E-state index in [0.29, 0.717) is 11.5 Å². The van der Waals surface area contributed by atoms with Gasteiger partial charge in [0.15, 0.2) is 0 Å². The van der Waals surface area contributed by atoms with E-state index >= 15 is 0 Å². The molecule has 0 aromatic carbocycles. The van der Waals surface area contributed by atoms with Gasteiger partial charge in [0.25, 0.3) is 5.91 Å². The molecule has 1 aromatic rings. The molecule has 120 valence electrons. The molecule has 2 saturated heterocycles. The van der Waals surface area contributed by atoms with E-state index in [-0.39, 0.29) is 5.91 Å². The molecule has 2 fully saturated rings. The summed E-state index contributed by atoms with van der Waals surface area (Å²) in [5.41, 5.74) is 0.596. The molecule has 1 unspecified atom stereocenters. The second kappa shape index (κ2) is 6.60. The van der Waals surface area contributed by atoms with Crippen molar-refractivity contribution < 1.29 is 4.79 Å². The summed E-state index contributed by atoms with van der Waals surface area (Å²) in [6.45, 7) is 7.69. The van der Waals surface area contributed by atoms with Crippen molar-refractivity contribution in [3.05, 3.63) is 18.0 Å². The lowest BCUT2D eigenvalue weighted by Gasteiger charge is -2.32. The molecule has 22 heavy (non-hydrogen) atoms. The summed E-state index contributed by atoms with van der Waals surface area (Å²) < 4.78 is 0. The first kappa shape index (κ1) is 15.2. The highest BCUT2D eigenvalue weighted by atomic mass is 16.2. The predicted octanol–water partition coefficient (Wildman–Crippen LogP) is 1.10. The van der Waals surface area contributed by atoms with Gasteiger partial charge in [-0.2, -0.15) is 0 Å². The fourth-order valence-corrected chi connectivity index (χ4v) is 3.16. The SMILES string of the molecule is CC1CCCN(c2ncc(C(=O)N3CCN(C)CC3)cn2)C1. The second-order valence-electron chi connectivity index (χ2n) is 6.56. The number of piperazine rings is 1. The molecule has 1 aromatic heterocycles. The van der Waals surface area contributed by atoms with Crippen LogP contribution in [0.5, 0.6) is 0 Å². The fourth-order valence-electron chi connectivity index (χ4n) is 3.16. The Hall–Kier alpha value is -1.69. The number of carbonyl (C=O) groups excluding carboxylic acids is 1. The van der Waals surface area contributed by atoms with E-state index in [4.69, 9.17) is 0 Å². The maximum absolute atomic E-state index is 12.5. The fraction of sp³-hybridized carbons (Fsp3) is 0.688. The number of hydrogen-bond donors (Lipinski definition) is 0. The number of nitrogens with zero attached hydrogens (tertiary/aromatic N) is 5. The summed E-state index contributed by atoms with van der Waals surface area (Å²) in [6, 6.07) is 0. The van der Waals surface area contributed by atoms with Crippen molar-refractivity contribution in [3.63, 3.8) is 0 Å². The van der Waals surface area contributed by atoms with Crippen molar-refractivity contribution in [3.8, 4) is 0 Å². The van der Waals surface area contributed by atoms with E-state index in [1.807, 2.05) is 4.90 Å². The minimum Gasteiger partial charge on any atom is -0.341 e. The van der Waals surface area contributed by atoms with Crippen LogP contribution in [-0.2, 0) is 0 Å². The van der Waals surface area contributed by atoms with Gasteiger partial charge in [-0.05, 0) is 25.8 Å². The lowest BCUT2D eigenvalue weighted by Crippen LogP contribution is -2.47. The van der Waals surface area contributed by atoms with Crippen molar-refractivity contribution in [2.75, 3.05) is 51.2 Å². The Morgan fingerprint density at radius 2 is 1.82 bits per heavy atom. The van der Waals surface area contributed by atoms with Crippen LogP contribution in [0.1, 0.15) is 30.1 Å². The summed E-state index contributed by atoms with van der Waals surface area (Å²) in [5.74, 6) is 1.48. The van der Waals surface area contributed by atoms with Crippen LogP contribution in [0.15, 0.2) is 12.4 Å². The van der Waals surface area contributed by atoms with E-state index < -0.39 is 0 Å². The van der Waals surface area contributed by atoms with Crippen molar-refractivity contribution >= 4 is 11.9 Å². The molecular formula is C16H25N5O. The van der Waals surface area contributed by atoms with Gasteiger partial charge < -0.3 is 14.7 Å². The third-order valence-corrected chi connectivity index (χ3v) is 4.62. The Bertz CT molecular complexity index is 510. The number of carbonyl (C=O) groups is 1. The molecule has 3 rings (SSSR count). The van der Waals surface area contributed by atoms with Gasteiger partial charge in [-0.3, -0.25) is 4.79 Å². The molecule has 0 saturated carbocycles. The summed E-state index contributed by atoms with van der Waals surface area (Å²) in [6.07, 6.45) is 5.83. The monoisotopic (exact) mass is 303 g/mol. The lowest BCUT2D eigenvalue weighted by molar-refractivity contribution is 0.0663. The molecule has 6 nitrogen and oxygen atoms in total. The van der Waals surface area contributed by atoms with Crippen molar-refractivity contribution in [1.82, 2.24) is 19.8 Å². The van der Waals surface area contributed by atoms with Crippen LogP contribution in [0.2, 0.25) is 0 Å². The zero-order valence-electron chi connectivity index (χ0n) is 13.5. The molecule has 0 N–H and O–H groups in total. The van der Waals surface area contributed by atoms with Crippen LogP contribution < -0.4 is 4.90 Å². The smallest absolute Gasteiger partial charge is 0.257 e. The zero-order chi connectivity index (χ0) is 15.5. The van der Waals surface area contributed by atoms with Crippen LogP contribution in [0, 0.1) is 5.92 Å². The molecule has 0 aliphatic carbocycles. The maximum atomic E-state index is 12.5. The van der Waals surface area contributed by atoms with Crippen molar-refractivity contribution in [1.29, 1.82) is 0 Å². The second-order valence-corrected chi connectivity index (χ2v) is 6.56. The normalized spacial score (nSPS) is 23.6. The van der Waals surface area contributed by atoms with E-state index in [2.05, 4.69) is 33.7 Å². The average molecular weight is 303 g/mol. The minimum atomic E-state index is 0.0478. The molecule has 2 aliphatic rings. The maximum Gasteiger partial charge on any atom is 0.257 e. The predicted molar refractivity (Wildman–Crippen MR) is 86.0 cm³/mol. The van der Waals surface area contributed by atoms with Crippen molar-refractivity contribution in [2.24, 2.45) is 5.92 Å². The van der Waals surface area contributed by atoms with E-state index in [1.165, 1.54) is 12.8 Å². The Balaban J connectivity index is 1.64. The molecule has 2 aliphatic heterocycles. The number of amides is 1. The number of piperidine rings is 1. The highest BCUT2D eigenvalue weighted by molar-refractivity contribution is 5.93. The molecular weight excluding hydrogens is 278 g/mol. The highest BCUT2D eigenvalue weighted by Crippen LogP contribution is 2.19. The van der Waals surface area contributed by atoms with Gasteiger partial charge in [0, 0.05) is 51.7 Å². The number of rotatable bonds is 2. The van der Waals surface area contributed by atoms with Gasteiger partial charge in [-0.25, -0.2) is 9.97 Å². The van der Waals surface area contributed by atoms with Crippen molar-refractivity contribution in [2.45, 2.75) is 19.8 Å². The van der Waals surface area contributed by atoms with Crippen LogP contribution in [0.4, 0.5) is 5.95 Å². The highest BCUT2D eigenvalue weighted by Gasteiger charge is 2.22. The number of hydrogen-bond acceptors (Lipinski definition) is 5. The lowest BCUT2D eigenvalue weighted by atomic mass is 10.0. The summed E-state index contributed by atoms with van der Waals surface area (Å²) in [7, 11) is 2.08. The van der Waals surface area contributed by atoms with Crippen LogP contribution in [0.25, 0.3) is 0 Å². The quantitative estimate of drug-likeness (QED) is 0.819. The van der Waals surface area contributed by atoms with Gasteiger partial charge in [0.1, 0.15) is 0 Å². The van der Waals surface area contributed by atoms with Gasteiger partial charge >= 0.3 is 0 Å². The molecule has 0 bridgehead atoms. The van der Waals surface area contributed by atoms with Crippen LogP contribution >= 0.6 is 0 Å². The standard InChI is InChI=1S/C16H25N5O/c1-13-4-3-5-21(12-13)16-17-10-14(11-18-16)15(22)20-8-6-19(2)7-9-20/h10-11,13H,3-9,12H2,1-2H3. The van der Waals surface area contributed by atoms with Gasteiger partial charge in [-0.1, -0.05) is 6.92 Å². The summed E-state index contributed by atoms with van der Waals surface area (Å²) >= 11 is 0. The molecule has 1 amide bonds. The van der Waals surface area contributed by atoms with E-state index in [9.17, 15) is 4.79 Å². The van der Waals surface area contributed by atoms with Gasteiger partial charge in [0.2, 0.25) is 5.95 Å². The number of likely N-dealkylation sites (N-methyl/N-ethyl adjacent to an activating group) is 1. The number of anilines is 1. The van der Waals surface area contributed by atoms with Gasteiger partial charge in [0.05, 0.1) is 5.56 Å². The van der Waals surface area contributed by atoms with Gasteiger partial charge in [-0.15, -0.1) is 0 Å². The Morgan fingerprint density at radius 3 is 2.45 bits per heavy atom. The van der Waals surface area contributed by atoms with Crippen LogP contribution in [0.3, 0.4) is 0 Å². The number of aromatic nitrogens is 2. The molecule has 1 atom stereocenters. The first-order chi connectivity index (χ1) is 10.6. The third-order valence-electron chi connectivity index (χ3n) is 4.62. The topological polar surface area (TPSA) is 52.6 Å². The summed E-state index contributed by atoms with van der Waals surface area (Å²) in [5, 5.41) is 0. The van der Waals surface area contributed by atoms with E-state index in [0.717, 1.165) is 45.2 Å². The average Bonchev–Trinajstić information content (AvgIpc) is 2.55. The van der Waals surface area contributed by atoms with E-state index in [1.54, 1.807) is 12.4 Å². The minimum absolute atomic E-state index is 0.0478.